The number of alkyl carbamates (subject to hydrolysis) is 1. The van der Waals surface area contributed by atoms with Crippen LogP contribution in [0, 0.1) is 10.1 Å². The fourth-order valence-electron chi connectivity index (χ4n) is 4.49. The minimum absolute atomic E-state index is 0.0186. The third-order valence-electron chi connectivity index (χ3n) is 6.32. The summed E-state index contributed by atoms with van der Waals surface area (Å²) in [5.74, 6) is -0.131. The van der Waals surface area contributed by atoms with E-state index in [4.69, 9.17) is 9.47 Å². The van der Waals surface area contributed by atoms with E-state index in [1.165, 1.54) is 12.1 Å². The van der Waals surface area contributed by atoms with Crippen LogP contribution in [0.15, 0.2) is 66.7 Å². The number of carbonyl (C=O) groups is 2. The summed E-state index contributed by atoms with van der Waals surface area (Å²) in [7, 11) is 0. The Hall–Kier alpha value is -4.40. The predicted molar refractivity (Wildman–Crippen MR) is 136 cm³/mol. The largest absolute Gasteiger partial charge is 0.494 e. The van der Waals surface area contributed by atoms with Gasteiger partial charge in [-0.2, -0.15) is 0 Å². The summed E-state index contributed by atoms with van der Waals surface area (Å²) in [5, 5.41) is 22.7. The highest BCUT2D eigenvalue weighted by molar-refractivity contribution is 5.68. The van der Waals surface area contributed by atoms with Gasteiger partial charge in [-0.1, -0.05) is 30.3 Å². The van der Waals surface area contributed by atoms with Crippen LogP contribution in [0.5, 0.6) is 5.75 Å². The maximum atomic E-state index is 11.9. The number of hydrogen-bond donors (Lipinski definition) is 2. The van der Waals surface area contributed by atoms with Gasteiger partial charge in [0, 0.05) is 18.7 Å². The lowest BCUT2D eigenvalue weighted by Gasteiger charge is -2.16. The molecule has 1 aliphatic rings. The molecule has 9 nitrogen and oxygen atoms in total. The Bertz CT molecular complexity index is 1270. The van der Waals surface area contributed by atoms with E-state index in [1.807, 2.05) is 36.4 Å². The number of benzene rings is 3. The summed E-state index contributed by atoms with van der Waals surface area (Å²) in [6, 6.07) is 19.8. The van der Waals surface area contributed by atoms with Crippen LogP contribution in [0.1, 0.15) is 46.6 Å². The van der Waals surface area contributed by atoms with Crippen molar-refractivity contribution in [3.63, 3.8) is 0 Å². The first-order chi connectivity index (χ1) is 17.9. The number of non-ortho nitro benzene ring substituents is 1. The first-order valence-electron chi connectivity index (χ1n) is 12.1. The number of rotatable bonds is 10. The number of nitro benzene ring substituents is 1. The molecule has 192 valence electrons. The van der Waals surface area contributed by atoms with E-state index in [0.29, 0.717) is 31.6 Å². The Kier molecular flexibility index (Phi) is 8.35. The third kappa shape index (κ3) is 7.07. The molecule has 0 radical (unpaired) electrons. The lowest BCUT2D eigenvalue weighted by Crippen LogP contribution is -2.26. The Labute approximate surface area is 214 Å². The third-order valence-corrected chi connectivity index (χ3v) is 6.32. The van der Waals surface area contributed by atoms with Crippen molar-refractivity contribution in [3.8, 4) is 5.75 Å². The molecule has 1 atom stereocenters. The van der Waals surface area contributed by atoms with E-state index in [-0.39, 0.29) is 24.6 Å². The van der Waals surface area contributed by atoms with Crippen molar-refractivity contribution >= 4 is 17.7 Å². The Morgan fingerprint density at radius 1 is 1.03 bits per heavy atom. The summed E-state index contributed by atoms with van der Waals surface area (Å²) in [4.78, 5) is 33.5. The quantitative estimate of drug-likeness (QED) is 0.226. The molecule has 9 heteroatoms. The molecule has 0 saturated carbocycles. The van der Waals surface area contributed by atoms with Gasteiger partial charge in [0.05, 0.1) is 18.0 Å². The van der Waals surface area contributed by atoms with E-state index in [1.54, 1.807) is 12.1 Å². The maximum Gasteiger partial charge on any atom is 0.407 e. The number of carboxylic acid groups (broad SMARTS) is 1. The summed E-state index contributed by atoms with van der Waals surface area (Å²) in [5.41, 5.74) is 5.13. The molecular formula is C28H28N2O7. The standard InChI is InChI=1S/C28H28N2O7/c31-27(32)17-23-14-20-8-11-25(16-22(20)15-21-4-1-2-5-26(21)23)36-13-3-12-29-28(33)37-18-19-6-9-24(10-7-19)30(34)35/h1-2,4-11,16,23H,3,12-15,17-18H2,(H,29,33)(H,31,32). The van der Waals surface area contributed by atoms with Crippen molar-refractivity contribution in [1.29, 1.82) is 0 Å². The normalized spacial score (nSPS) is 14.0. The Morgan fingerprint density at radius 2 is 1.81 bits per heavy atom. The van der Waals surface area contributed by atoms with Gasteiger partial charge in [0.2, 0.25) is 0 Å². The monoisotopic (exact) mass is 504 g/mol. The second-order valence-corrected chi connectivity index (χ2v) is 8.93. The van der Waals surface area contributed by atoms with Crippen molar-refractivity contribution < 1.29 is 29.1 Å². The number of nitrogens with one attached hydrogen (secondary N) is 1. The van der Waals surface area contributed by atoms with E-state index in [2.05, 4.69) is 11.4 Å². The molecule has 3 aromatic carbocycles. The Balaban J connectivity index is 1.23. The molecular weight excluding hydrogens is 476 g/mol. The zero-order valence-corrected chi connectivity index (χ0v) is 20.2. The smallest absolute Gasteiger partial charge is 0.407 e. The molecule has 0 aliphatic heterocycles. The minimum Gasteiger partial charge on any atom is -0.494 e. The number of nitro groups is 1. The summed E-state index contributed by atoms with van der Waals surface area (Å²) in [6.07, 6.45) is 1.50. The summed E-state index contributed by atoms with van der Waals surface area (Å²) < 4.78 is 11.0. The number of carboxylic acids is 1. The van der Waals surface area contributed by atoms with Crippen LogP contribution in [0.3, 0.4) is 0 Å². The van der Waals surface area contributed by atoms with Crippen LogP contribution in [0.25, 0.3) is 0 Å². The SMILES string of the molecule is O=C(O)CC1Cc2ccc(OCCCNC(=O)OCc3ccc([N+](=O)[O-])cc3)cc2Cc2ccccc21. The zero-order valence-electron chi connectivity index (χ0n) is 20.2. The molecule has 3 aromatic rings. The maximum absolute atomic E-state index is 11.9. The van der Waals surface area contributed by atoms with Crippen molar-refractivity contribution in [1.82, 2.24) is 5.32 Å². The van der Waals surface area contributed by atoms with Crippen molar-refractivity contribution in [3.05, 3.63) is 105 Å². The van der Waals surface area contributed by atoms with E-state index in [0.717, 1.165) is 34.4 Å². The van der Waals surface area contributed by atoms with Crippen LogP contribution >= 0.6 is 0 Å². The molecule has 0 aromatic heterocycles. The number of amides is 1. The van der Waals surface area contributed by atoms with E-state index >= 15 is 0 Å². The number of nitrogens with zero attached hydrogens (tertiary/aromatic N) is 1. The number of ether oxygens (including phenoxy) is 2. The predicted octanol–water partition coefficient (Wildman–Crippen LogP) is 5.00. The highest BCUT2D eigenvalue weighted by Crippen LogP contribution is 2.35. The van der Waals surface area contributed by atoms with Crippen molar-refractivity contribution in [2.45, 2.75) is 38.2 Å². The summed E-state index contributed by atoms with van der Waals surface area (Å²) >= 11 is 0. The second kappa shape index (κ2) is 12.0. The lowest BCUT2D eigenvalue weighted by molar-refractivity contribution is -0.384. The zero-order chi connectivity index (χ0) is 26.2. The molecule has 1 unspecified atom stereocenters. The highest BCUT2D eigenvalue weighted by atomic mass is 16.6. The molecule has 0 spiro atoms. The summed E-state index contributed by atoms with van der Waals surface area (Å²) in [6.45, 7) is 0.791. The molecule has 0 saturated heterocycles. The molecule has 0 fully saturated rings. The fraction of sp³-hybridized carbons (Fsp3) is 0.286. The number of carbonyl (C=O) groups excluding carboxylic acids is 1. The average Bonchev–Trinajstić information content (AvgIpc) is 3.03. The lowest BCUT2D eigenvalue weighted by atomic mass is 9.89. The van der Waals surface area contributed by atoms with Gasteiger partial charge in [-0.3, -0.25) is 14.9 Å². The average molecular weight is 505 g/mol. The van der Waals surface area contributed by atoms with Gasteiger partial charge in [-0.15, -0.1) is 0 Å². The van der Waals surface area contributed by atoms with Crippen LogP contribution in [0.2, 0.25) is 0 Å². The van der Waals surface area contributed by atoms with Crippen LogP contribution in [-0.2, 0) is 29.0 Å². The molecule has 2 N–H and O–H groups in total. The van der Waals surface area contributed by atoms with Gasteiger partial charge < -0.3 is 19.9 Å². The van der Waals surface area contributed by atoms with Crippen LogP contribution < -0.4 is 10.1 Å². The van der Waals surface area contributed by atoms with Gasteiger partial charge in [0.25, 0.3) is 5.69 Å². The van der Waals surface area contributed by atoms with Crippen LogP contribution in [0.4, 0.5) is 10.5 Å². The first-order valence-corrected chi connectivity index (χ1v) is 12.1. The Morgan fingerprint density at radius 3 is 2.57 bits per heavy atom. The molecule has 37 heavy (non-hydrogen) atoms. The molecule has 1 amide bonds. The van der Waals surface area contributed by atoms with Gasteiger partial charge in [-0.05, 0) is 77.3 Å². The van der Waals surface area contributed by atoms with Gasteiger partial charge in [-0.25, -0.2) is 4.79 Å². The number of aliphatic carboxylic acids is 1. The fourth-order valence-corrected chi connectivity index (χ4v) is 4.49. The minimum atomic E-state index is -0.799. The van der Waals surface area contributed by atoms with Crippen molar-refractivity contribution in [2.75, 3.05) is 13.2 Å². The van der Waals surface area contributed by atoms with Gasteiger partial charge in [0.1, 0.15) is 12.4 Å². The van der Waals surface area contributed by atoms with Crippen LogP contribution in [-0.4, -0.2) is 35.2 Å². The number of fused-ring (bicyclic) bond motifs is 2. The molecule has 1 aliphatic carbocycles. The molecule has 0 heterocycles. The van der Waals surface area contributed by atoms with E-state index in [9.17, 15) is 24.8 Å². The molecule has 0 bridgehead atoms. The topological polar surface area (TPSA) is 128 Å². The highest BCUT2D eigenvalue weighted by Gasteiger charge is 2.24. The molecule has 4 rings (SSSR count). The first kappa shape index (κ1) is 25.7. The van der Waals surface area contributed by atoms with Gasteiger partial charge in [0.15, 0.2) is 0 Å². The second-order valence-electron chi connectivity index (χ2n) is 8.93. The van der Waals surface area contributed by atoms with E-state index < -0.39 is 17.0 Å². The van der Waals surface area contributed by atoms with Gasteiger partial charge >= 0.3 is 12.1 Å². The van der Waals surface area contributed by atoms with Crippen molar-refractivity contribution in [2.24, 2.45) is 0 Å². The number of hydrogen-bond acceptors (Lipinski definition) is 6.